The van der Waals surface area contributed by atoms with Crippen molar-refractivity contribution in [3.8, 4) is 0 Å². The first-order chi connectivity index (χ1) is 2.77. The molecule has 0 spiro atoms. The number of rotatable bonds is 2. The lowest BCUT2D eigenvalue weighted by Gasteiger charge is -1.80. The maximum Gasteiger partial charge on any atom is 0.129 e. The van der Waals surface area contributed by atoms with Gasteiger partial charge in [-0.15, -0.1) is 0 Å². The summed E-state index contributed by atoms with van der Waals surface area (Å²) in [6.07, 6.45) is 1.72. The van der Waals surface area contributed by atoms with Gasteiger partial charge in [0.1, 0.15) is 5.78 Å². The van der Waals surface area contributed by atoms with Crippen molar-refractivity contribution in [2.45, 2.75) is 26.7 Å². The predicted octanol–water partition coefficient (Wildman–Crippen LogP) is 0.551. The minimum absolute atomic E-state index is 0. The monoisotopic (exact) mass is 104 g/mol. The molecule has 0 aliphatic carbocycles. The quantitative estimate of drug-likeness (QED) is 0.504. The average Bonchev–Trinajstić information content (AvgIpc) is 1.35. The molecule has 44 valence electrons. The topological polar surface area (TPSA) is 48.6 Å². The summed E-state index contributed by atoms with van der Waals surface area (Å²) in [5, 5.41) is 0. The molecule has 0 aromatic rings. The van der Waals surface area contributed by atoms with E-state index in [-0.39, 0.29) is 11.3 Å². The standard InChI is InChI=1S/C5H10O.H2O/c1-3-4-5(2)6;/h3-4H2,1-2H3;1H2. The van der Waals surface area contributed by atoms with E-state index in [0.29, 0.717) is 0 Å². The second-order valence-electron chi connectivity index (χ2n) is 1.45. The first-order valence-corrected chi connectivity index (χ1v) is 2.26. The van der Waals surface area contributed by atoms with Crippen LogP contribution in [0.25, 0.3) is 0 Å². The Labute approximate surface area is 43.8 Å². The maximum absolute atomic E-state index is 10.0. The van der Waals surface area contributed by atoms with Crippen LogP contribution < -0.4 is 0 Å². The van der Waals surface area contributed by atoms with E-state index in [1.165, 1.54) is 0 Å². The second kappa shape index (κ2) is 5.63. The third-order valence-corrected chi connectivity index (χ3v) is 0.602. The molecule has 0 aliphatic rings. The van der Waals surface area contributed by atoms with Crippen LogP contribution >= 0.6 is 0 Å². The van der Waals surface area contributed by atoms with Gasteiger partial charge in [-0.25, -0.2) is 0 Å². The molecule has 0 radical (unpaired) electrons. The molecule has 0 bridgehead atoms. The molecule has 0 fully saturated rings. The van der Waals surface area contributed by atoms with Crippen LogP contribution in [-0.2, 0) is 4.79 Å². The molecule has 0 aromatic carbocycles. The molecule has 0 unspecified atom stereocenters. The second-order valence-corrected chi connectivity index (χ2v) is 1.45. The molecule has 0 saturated carbocycles. The van der Waals surface area contributed by atoms with Gasteiger partial charge < -0.3 is 10.3 Å². The van der Waals surface area contributed by atoms with Crippen molar-refractivity contribution >= 4 is 5.78 Å². The largest absolute Gasteiger partial charge is 0.412 e. The minimum atomic E-state index is 0. The van der Waals surface area contributed by atoms with Crippen molar-refractivity contribution < 1.29 is 10.3 Å². The molecule has 2 N–H and O–H groups in total. The fourth-order valence-electron chi connectivity index (χ4n) is 0.352. The Bertz CT molecular complexity index is 50.0. The van der Waals surface area contributed by atoms with E-state index in [1.54, 1.807) is 6.92 Å². The Balaban J connectivity index is 0. The fourth-order valence-corrected chi connectivity index (χ4v) is 0.352. The summed E-state index contributed by atoms with van der Waals surface area (Å²) in [5.74, 6) is 0.289. The van der Waals surface area contributed by atoms with Crippen molar-refractivity contribution in [3.63, 3.8) is 0 Å². The van der Waals surface area contributed by atoms with E-state index in [0.717, 1.165) is 12.8 Å². The molecular formula is C5H12O2. The van der Waals surface area contributed by atoms with E-state index in [1.807, 2.05) is 6.92 Å². The molecule has 2 nitrogen and oxygen atoms in total. The molecule has 0 saturated heterocycles. The summed E-state index contributed by atoms with van der Waals surface area (Å²) in [5.41, 5.74) is 0. The van der Waals surface area contributed by atoms with E-state index >= 15 is 0 Å². The number of Topliss-reactive ketones (excluding diaryl/α,β-unsaturated/α-hetero) is 1. The van der Waals surface area contributed by atoms with E-state index in [9.17, 15) is 4.79 Å². The van der Waals surface area contributed by atoms with Crippen LogP contribution in [-0.4, -0.2) is 11.3 Å². The van der Waals surface area contributed by atoms with Crippen LogP contribution in [0.3, 0.4) is 0 Å². The highest BCUT2D eigenvalue weighted by molar-refractivity contribution is 5.75. The molecular weight excluding hydrogens is 92.1 g/mol. The molecule has 0 aromatic heterocycles. The van der Waals surface area contributed by atoms with Gasteiger partial charge >= 0.3 is 0 Å². The lowest BCUT2D eigenvalue weighted by Crippen LogP contribution is -1.84. The zero-order valence-electron chi connectivity index (χ0n) is 4.82. The zero-order chi connectivity index (χ0) is 4.99. The molecule has 2 heteroatoms. The average molecular weight is 104 g/mol. The summed E-state index contributed by atoms with van der Waals surface area (Å²) in [6.45, 7) is 3.62. The lowest BCUT2D eigenvalue weighted by molar-refractivity contribution is -0.117. The van der Waals surface area contributed by atoms with Gasteiger partial charge in [-0.05, 0) is 13.3 Å². The highest BCUT2D eigenvalue weighted by Gasteiger charge is 1.83. The molecule has 0 amide bonds. The van der Waals surface area contributed by atoms with Crippen molar-refractivity contribution in [1.82, 2.24) is 0 Å². The molecule has 0 heterocycles. The van der Waals surface area contributed by atoms with Gasteiger partial charge in [0.05, 0.1) is 0 Å². The number of carbonyl (C=O) groups excluding carboxylic acids is 1. The van der Waals surface area contributed by atoms with Crippen molar-refractivity contribution in [2.75, 3.05) is 0 Å². The number of ketones is 1. The Hall–Kier alpha value is -0.370. The summed E-state index contributed by atoms with van der Waals surface area (Å²) in [4.78, 5) is 10.0. The highest BCUT2D eigenvalue weighted by Crippen LogP contribution is 1.84. The van der Waals surface area contributed by atoms with Gasteiger partial charge in [0.2, 0.25) is 0 Å². The smallest absolute Gasteiger partial charge is 0.129 e. The Morgan fingerprint density at radius 1 is 1.57 bits per heavy atom. The van der Waals surface area contributed by atoms with E-state index in [2.05, 4.69) is 0 Å². The number of carbonyl (C=O) groups is 1. The Morgan fingerprint density at radius 3 is 2.00 bits per heavy atom. The molecule has 0 aliphatic heterocycles. The lowest BCUT2D eigenvalue weighted by atomic mass is 10.3. The maximum atomic E-state index is 10.0. The third-order valence-electron chi connectivity index (χ3n) is 0.602. The predicted molar refractivity (Wildman–Crippen MR) is 29.2 cm³/mol. The van der Waals surface area contributed by atoms with Gasteiger partial charge in [0.25, 0.3) is 0 Å². The van der Waals surface area contributed by atoms with E-state index < -0.39 is 0 Å². The van der Waals surface area contributed by atoms with Crippen LogP contribution in [0.4, 0.5) is 0 Å². The first-order valence-electron chi connectivity index (χ1n) is 2.26. The van der Waals surface area contributed by atoms with E-state index in [4.69, 9.17) is 0 Å². The Kier molecular flexibility index (Phi) is 7.88. The number of hydrogen-bond acceptors (Lipinski definition) is 1. The van der Waals surface area contributed by atoms with Crippen LogP contribution in [0, 0.1) is 0 Å². The van der Waals surface area contributed by atoms with Crippen LogP contribution in [0.15, 0.2) is 0 Å². The molecule has 7 heavy (non-hydrogen) atoms. The normalized spacial score (nSPS) is 7.14. The summed E-state index contributed by atoms with van der Waals surface area (Å²) >= 11 is 0. The number of hydrogen-bond donors (Lipinski definition) is 0. The van der Waals surface area contributed by atoms with Gasteiger partial charge in [-0.2, -0.15) is 0 Å². The summed E-state index contributed by atoms with van der Waals surface area (Å²) in [7, 11) is 0. The third kappa shape index (κ3) is 10.7. The first kappa shape index (κ1) is 9.80. The van der Waals surface area contributed by atoms with Crippen LogP contribution in [0.5, 0.6) is 0 Å². The zero-order valence-corrected chi connectivity index (χ0v) is 4.82. The minimum Gasteiger partial charge on any atom is -0.412 e. The van der Waals surface area contributed by atoms with Gasteiger partial charge in [-0.1, -0.05) is 6.92 Å². The SMILES string of the molecule is CCCC(C)=O.O. The van der Waals surface area contributed by atoms with Crippen molar-refractivity contribution in [3.05, 3.63) is 0 Å². The summed E-state index contributed by atoms with van der Waals surface area (Å²) < 4.78 is 0. The van der Waals surface area contributed by atoms with Gasteiger partial charge in [0, 0.05) is 6.42 Å². The van der Waals surface area contributed by atoms with Crippen molar-refractivity contribution in [1.29, 1.82) is 0 Å². The van der Waals surface area contributed by atoms with Gasteiger partial charge in [-0.3, -0.25) is 0 Å². The summed E-state index contributed by atoms with van der Waals surface area (Å²) in [6, 6.07) is 0. The van der Waals surface area contributed by atoms with Crippen molar-refractivity contribution in [2.24, 2.45) is 0 Å². The highest BCUT2D eigenvalue weighted by atomic mass is 16.1. The van der Waals surface area contributed by atoms with Crippen LogP contribution in [0.2, 0.25) is 0 Å². The molecule has 0 rings (SSSR count). The molecule has 0 atom stereocenters. The Morgan fingerprint density at radius 2 is 2.00 bits per heavy atom. The fraction of sp³-hybridized carbons (Fsp3) is 0.800. The van der Waals surface area contributed by atoms with Crippen LogP contribution in [0.1, 0.15) is 26.7 Å². The van der Waals surface area contributed by atoms with Gasteiger partial charge in [0.15, 0.2) is 0 Å².